The van der Waals surface area contributed by atoms with Crippen molar-refractivity contribution in [3.05, 3.63) is 90.0 Å². The lowest BCUT2D eigenvalue weighted by Gasteiger charge is -2.10. The third-order valence-electron chi connectivity index (χ3n) is 5.48. The zero-order chi connectivity index (χ0) is 30.7. The molecular formula is C32H36O10. The van der Waals surface area contributed by atoms with E-state index in [4.69, 9.17) is 24.1 Å². The lowest BCUT2D eigenvalue weighted by Crippen LogP contribution is -2.11. The summed E-state index contributed by atoms with van der Waals surface area (Å²) in [6, 6.07) is 11.4. The zero-order valence-corrected chi connectivity index (χ0v) is 23.8. The van der Waals surface area contributed by atoms with Gasteiger partial charge in [0.05, 0.1) is 31.0 Å². The number of benzene rings is 2. The third-order valence-corrected chi connectivity index (χ3v) is 5.48. The second kappa shape index (κ2) is 18.6. The molecule has 0 radical (unpaired) electrons. The molecule has 0 saturated carbocycles. The van der Waals surface area contributed by atoms with E-state index in [1.807, 2.05) is 6.08 Å². The summed E-state index contributed by atoms with van der Waals surface area (Å²) in [7, 11) is 0. The minimum atomic E-state index is -0.512. The normalized spacial score (nSPS) is 11.4. The van der Waals surface area contributed by atoms with E-state index >= 15 is 0 Å². The molecule has 0 bridgehead atoms. The summed E-state index contributed by atoms with van der Waals surface area (Å²) in [6.45, 7) is 7.73. The minimum Gasteiger partial charge on any atom is -0.493 e. The summed E-state index contributed by atoms with van der Waals surface area (Å²) < 4.78 is 25.9. The molecule has 0 amide bonds. The van der Waals surface area contributed by atoms with Crippen LogP contribution in [0.4, 0.5) is 0 Å². The number of ether oxygens (including phenoxy) is 5. The van der Waals surface area contributed by atoms with Gasteiger partial charge in [0.25, 0.3) is 0 Å². The number of carbonyl (C=O) groups excluding carboxylic acids is 4. The Morgan fingerprint density at radius 1 is 0.905 bits per heavy atom. The fourth-order valence-electron chi connectivity index (χ4n) is 3.25. The predicted octanol–water partition coefficient (Wildman–Crippen LogP) is 4.83. The van der Waals surface area contributed by atoms with Gasteiger partial charge in [0.2, 0.25) is 0 Å². The molecule has 0 spiro atoms. The van der Waals surface area contributed by atoms with E-state index in [-0.39, 0.29) is 19.2 Å². The highest BCUT2D eigenvalue weighted by molar-refractivity contribution is 5.94. The van der Waals surface area contributed by atoms with Crippen LogP contribution in [0.5, 0.6) is 17.2 Å². The van der Waals surface area contributed by atoms with E-state index in [0.29, 0.717) is 66.4 Å². The van der Waals surface area contributed by atoms with Gasteiger partial charge in [-0.3, -0.25) is 4.79 Å². The Hall–Kier alpha value is -4.70. The smallest absolute Gasteiger partial charge is 0.343 e. The zero-order valence-electron chi connectivity index (χ0n) is 23.8. The summed E-state index contributed by atoms with van der Waals surface area (Å²) in [6.07, 6.45) is 8.65. The number of rotatable bonds is 14. The van der Waals surface area contributed by atoms with E-state index in [1.54, 1.807) is 68.5 Å². The van der Waals surface area contributed by atoms with Gasteiger partial charge in [-0.2, -0.15) is 0 Å². The molecule has 1 aliphatic rings. The Morgan fingerprint density at radius 3 is 2.24 bits per heavy atom. The summed E-state index contributed by atoms with van der Waals surface area (Å²) in [5, 5.41) is 8.23. The van der Waals surface area contributed by atoms with Gasteiger partial charge < -0.3 is 28.8 Å². The van der Waals surface area contributed by atoms with Crippen LogP contribution in [0.15, 0.2) is 78.9 Å². The first kappa shape index (κ1) is 33.5. The van der Waals surface area contributed by atoms with Crippen LogP contribution in [0.3, 0.4) is 0 Å². The molecule has 2 aromatic rings. The maximum atomic E-state index is 12.5. The summed E-state index contributed by atoms with van der Waals surface area (Å²) in [5.41, 5.74) is 1.55. The molecule has 2 aromatic carbocycles. The molecule has 224 valence electrons. The van der Waals surface area contributed by atoms with Gasteiger partial charge in [0.1, 0.15) is 17.2 Å². The van der Waals surface area contributed by atoms with Crippen LogP contribution < -0.4 is 14.2 Å². The number of aliphatic hydroxyl groups excluding tert-OH is 1. The van der Waals surface area contributed by atoms with Gasteiger partial charge in [0, 0.05) is 31.9 Å². The first-order valence-corrected chi connectivity index (χ1v) is 13.5. The molecule has 42 heavy (non-hydrogen) atoms. The van der Waals surface area contributed by atoms with Gasteiger partial charge >= 0.3 is 23.9 Å². The number of aryl methyl sites for hydroxylation is 1. The third kappa shape index (κ3) is 12.2. The number of allylic oxidation sites excluding steroid dienone is 2. The molecule has 0 aliphatic heterocycles. The van der Waals surface area contributed by atoms with Gasteiger partial charge in [0.15, 0.2) is 0 Å². The van der Waals surface area contributed by atoms with E-state index in [0.717, 1.165) is 12.5 Å². The first-order valence-electron chi connectivity index (χ1n) is 13.5. The molecule has 1 aliphatic carbocycles. The molecule has 10 heteroatoms. The van der Waals surface area contributed by atoms with E-state index < -0.39 is 17.9 Å². The topological polar surface area (TPSA) is 135 Å². The van der Waals surface area contributed by atoms with Gasteiger partial charge in [-0.25, -0.2) is 14.4 Å². The largest absolute Gasteiger partial charge is 0.493 e. The van der Waals surface area contributed by atoms with Crippen molar-refractivity contribution in [2.45, 2.75) is 39.5 Å². The first-order chi connectivity index (χ1) is 20.3. The van der Waals surface area contributed by atoms with Crippen molar-refractivity contribution >= 4 is 23.9 Å². The van der Waals surface area contributed by atoms with Crippen molar-refractivity contribution < 1.29 is 48.0 Å². The van der Waals surface area contributed by atoms with Crippen molar-refractivity contribution in [1.82, 2.24) is 0 Å². The van der Waals surface area contributed by atoms with Crippen molar-refractivity contribution in [1.29, 1.82) is 0 Å². The molecule has 0 aromatic heterocycles. The van der Waals surface area contributed by atoms with Crippen LogP contribution in [-0.2, 0) is 23.9 Å². The molecule has 10 nitrogen and oxygen atoms in total. The molecular weight excluding hydrogens is 544 g/mol. The van der Waals surface area contributed by atoms with Crippen LogP contribution in [0, 0.1) is 6.92 Å². The molecule has 3 rings (SSSR count). The number of hydrogen-bond donors (Lipinski definition) is 1. The van der Waals surface area contributed by atoms with Crippen molar-refractivity contribution in [2.75, 3.05) is 26.4 Å². The highest BCUT2D eigenvalue weighted by Crippen LogP contribution is 2.26. The monoisotopic (exact) mass is 580 g/mol. The minimum absolute atomic E-state index is 0.0461. The summed E-state index contributed by atoms with van der Waals surface area (Å²) in [5.74, 6) is -0.250. The summed E-state index contributed by atoms with van der Waals surface area (Å²) >= 11 is 0. The molecule has 1 N–H and O–H groups in total. The van der Waals surface area contributed by atoms with Crippen LogP contribution in [0.1, 0.15) is 48.5 Å². The lowest BCUT2D eigenvalue weighted by molar-refractivity contribution is -0.143. The Morgan fingerprint density at radius 2 is 1.62 bits per heavy atom. The van der Waals surface area contributed by atoms with E-state index in [9.17, 15) is 19.2 Å². The Bertz CT molecular complexity index is 1270. The van der Waals surface area contributed by atoms with Gasteiger partial charge in [-0.05, 0) is 61.4 Å². The SMILES string of the molecule is C=CC(=O)OCCCO.CCC(=O)OCCCOc1ccc(C(=O)Oc2ccc(OC(=O)C3=CCC=C3)cc2C)cc1. The molecule has 0 saturated heterocycles. The Labute approximate surface area is 245 Å². The molecule has 0 fully saturated rings. The fraction of sp³-hybridized carbons (Fsp3) is 0.312. The van der Waals surface area contributed by atoms with Crippen molar-refractivity contribution in [3.8, 4) is 17.2 Å². The van der Waals surface area contributed by atoms with Gasteiger partial charge in [-0.15, -0.1) is 0 Å². The van der Waals surface area contributed by atoms with Crippen LogP contribution >= 0.6 is 0 Å². The van der Waals surface area contributed by atoms with E-state index in [1.165, 1.54) is 0 Å². The molecule has 0 unspecified atom stereocenters. The number of carbonyl (C=O) groups is 4. The van der Waals surface area contributed by atoms with Crippen LogP contribution in [0.2, 0.25) is 0 Å². The average molecular weight is 581 g/mol. The van der Waals surface area contributed by atoms with Crippen molar-refractivity contribution in [3.63, 3.8) is 0 Å². The maximum Gasteiger partial charge on any atom is 0.343 e. The summed E-state index contributed by atoms with van der Waals surface area (Å²) in [4.78, 5) is 45.9. The van der Waals surface area contributed by atoms with E-state index in [2.05, 4.69) is 11.3 Å². The van der Waals surface area contributed by atoms with Crippen molar-refractivity contribution in [2.24, 2.45) is 0 Å². The molecule has 0 atom stereocenters. The Balaban J connectivity index is 0.000000592. The Kier molecular flexibility index (Phi) is 14.8. The maximum absolute atomic E-state index is 12.5. The highest BCUT2D eigenvalue weighted by atomic mass is 16.5. The second-order valence-electron chi connectivity index (χ2n) is 8.75. The molecule has 0 heterocycles. The quantitative estimate of drug-likeness (QED) is 0.143. The number of hydrogen-bond acceptors (Lipinski definition) is 10. The van der Waals surface area contributed by atoms with Crippen LogP contribution in [0.25, 0.3) is 0 Å². The number of aliphatic hydroxyl groups is 1. The second-order valence-corrected chi connectivity index (χ2v) is 8.75. The lowest BCUT2D eigenvalue weighted by atomic mass is 10.2. The fourth-order valence-corrected chi connectivity index (χ4v) is 3.25. The average Bonchev–Trinajstić information content (AvgIpc) is 3.54. The predicted molar refractivity (Wildman–Crippen MR) is 154 cm³/mol. The number of esters is 4. The van der Waals surface area contributed by atoms with Crippen LogP contribution in [-0.4, -0.2) is 55.4 Å². The standard InChI is InChI=1S/C26H26O7.C6H10O3/c1-3-24(27)31-16-6-15-30-21-11-9-20(10-12-21)26(29)33-23-14-13-22(17-18(23)2)32-25(28)19-7-4-5-8-19;1-2-6(8)9-5-3-4-7/h4,7-14,17H,3,5-6,15-16H2,1-2H3;2,7H,1,3-5H2. The highest BCUT2D eigenvalue weighted by Gasteiger charge is 2.14. The van der Waals surface area contributed by atoms with Gasteiger partial charge in [-0.1, -0.05) is 31.7 Å².